The van der Waals surface area contributed by atoms with Crippen molar-refractivity contribution in [1.29, 1.82) is 0 Å². The number of amides is 2. The van der Waals surface area contributed by atoms with Crippen molar-refractivity contribution in [3.8, 4) is 17.0 Å². The number of anilines is 2. The van der Waals surface area contributed by atoms with Crippen LogP contribution in [0.25, 0.3) is 11.3 Å². The van der Waals surface area contributed by atoms with Gasteiger partial charge in [-0.2, -0.15) is 0 Å². The molecule has 0 aliphatic rings. The van der Waals surface area contributed by atoms with Crippen LogP contribution in [0, 0.1) is 6.92 Å². The number of benzene rings is 1. The number of nitrogens with one attached hydrogen (secondary N) is 2. The van der Waals surface area contributed by atoms with E-state index in [1.807, 2.05) is 31.2 Å². The SMILES string of the molecule is COc1ccc(-c2nc(NC(=O)c3ccc(NC(=O)c4ccco4)s3)sc2C)cc1. The number of furan rings is 1. The largest absolute Gasteiger partial charge is 0.497 e. The maximum absolute atomic E-state index is 12.6. The summed E-state index contributed by atoms with van der Waals surface area (Å²) in [5, 5.41) is 6.60. The maximum Gasteiger partial charge on any atom is 0.291 e. The van der Waals surface area contributed by atoms with E-state index in [2.05, 4.69) is 15.6 Å². The summed E-state index contributed by atoms with van der Waals surface area (Å²) in [5.41, 5.74) is 1.76. The Morgan fingerprint density at radius 1 is 1.00 bits per heavy atom. The predicted octanol–water partition coefficient (Wildman–Crippen LogP) is 5.29. The summed E-state index contributed by atoms with van der Waals surface area (Å²) in [6, 6.07) is 14.1. The minimum absolute atomic E-state index is 0.207. The fourth-order valence-corrected chi connectivity index (χ4v) is 4.36. The van der Waals surface area contributed by atoms with Gasteiger partial charge in [-0.15, -0.1) is 22.7 Å². The molecule has 1 aromatic carbocycles. The zero-order valence-electron chi connectivity index (χ0n) is 16.1. The number of aryl methyl sites for hydroxylation is 1. The second-order valence-electron chi connectivity index (χ2n) is 6.20. The lowest BCUT2D eigenvalue weighted by Gasteiger charge is -2.02. The Balaban J connectivity index is 1.44. The molecule has 3 heterocycles. The number of thiazole rings is 1. The van der Waals surface area contributed by atoms with Crippen LogP contribution in [-0.2, 0) is 0 Å². The van der Waals surface area contributed by atoms with Gasteiger partial charge in [0.15, 0.2) is 10.9 Å². The van der Waals surface area contributed by atoms with E-state index in [4.69, 9.17) is 9.15 Å². The fourth-order valence-electron chi connectivity index (χ4n) is 2.73. The molecule has 0 bridgehead atoms. The molecule has 0 spiro atoms. The van der Waals surface area contributed by atoms with Crippen molar-refractivity contribution in [3.05, 3.63) is 70.3 Å². The van der Waals surface area contributed by atoms with Gasteiger partial charge in [0.2, 0.25) is 0 Å². The third-order valence-electron chi connectivity index (χ3n) is 4.19. The summed E-state index contributed by atoms with van der Waals surface area (Å²) in [7, 11) is 1.62. The number of thiophene rings is 1. The molecule has 0 aliphatic heterocycles. The van der Waals surface area contributed by atoms with Crippen LogP contribution >= 0.6 is 22.7 Å². The summed E-state index contributed by atoms with van der Waals surface area (Å²) in [4.78, 5) is 30.7. The van der Waals surface area contributed by atoms with Crippen LogP contribution < -0.4 is 15.4 Å². The van der Waals surface area contributed by atoms with Crippen LogP contribution in [0.2, 0.25) is 0 Å². The average molecular weight is 440 g/mol. The van der Waals surface area contributed by atoms with Gasteiger partial charge in [0.25, 0.3) is 11.8 Å². The molecule has 4 aromatic rings. The molecule has 0 radical (unpaired) electrons. The number of carbonyl (C=O) groups is 2. The number of nitrogens with zero attached hydrogens (tertiary/aromatic N) is 1. The van der Waals surface area contributed by atoms with Crippen LogP contribution in [0.3, 0.4) is 0 Å². The third kappa shape index (κ3) is 4.27. The topological polar surface area (TPSA) is 93.5 Å². The molecule has 3 aromatic heterocycles. The quantitative estimate of drug-likeness (QED) is 0.426. The first-order valence-electron chi connectivity index (χ1n) is 8.91. The van der Waals surface area contributed by atoms with Crippen LogP contribution in [0.4, 0.5) is 10.1 Å². The maximum atomic E-state index is 12.6. The van der Waals surface area contributed by atoms with E-state index in [1.54, 1.807) is 31.4 Å². The van der Waals surface area contributed by atoms with Crippen molar-refractivity contribution in [3.63, 3.8) is 0 Å². The lowest BCUT2D eigenvalue weighted by Crippen LogP contribution is -2.10. The van der Waals surface area contributed by atoms with Crippen molar-refractivity contribution in [1.82, 2.24) is 4.98 Å². The van der Waals surface area contributed by atoms with Crippen molar-refractivity contribution in [2.24, 2.45) is 0 Å². The van der Waals surface area contributed by atoms with Crippen molar-refractivity contribution >= 4 is 44.6 Å². The highest BCUT2D eigenvalue weighted by molar-refractivity contribution is 7.18. The second-order valence-corrected chi connectivity index (χ2v) is 8.49. The van der Waals surface area contributed by atoms with Crippen molar-refractivity contribution < 1.29 is 18.7 Å². The van der Waals surface area contributed by atoms with Gasteiger partial charge < -0.3 is 14.5 Å². The van der Waals surface area contributed by atoms with Crippen LogP contribution in [0.5, 0.6) is 5.75 Å². The minimum atomic E-state index is -0.367. The summed E-state index contributed by atoms with van der Waals surface area (Å²) in [6.07, 6.45) is 1.43. The second kappa shape index (κ2) is 8.52. The van der Waals surface area contributed by atoms with Gasteiger partial charge in [0.05, 0.1) is 28.9 Å². The average Bonchev–Trinajstić information content (AvgIpc) is 3.49. The van der Waals surface area contributed by atoms with Gasteiger partial charge >= 0.3 is 0 Å². The number of aromatic nitrogens is 1. The van der Waals surface area contributed by atoms with Gasteiger partial charge in [0.1, 0.15) is 5.75 Å². The number of hydrogen-bond donors (Lipinski definition) is 2. The highest BCUT2D eigenvalue weighted by Crippen LogP contribution is 2.32. The first kappa shape index (κ1) is 19.9. The minimum Gasteiger partial charge on any atom is -0.497 e. The van der Waals surface area contributed by atoms with E-state index in [9.17, 15) is 9.59 Å². The van der Waals surface area contributed by atoms with Gasteiger partial charge in [-0.25, -0.2) is 4.98 Å². The Hall–Kier alpha value is -3.43. The fraction of sp³-hybridized carbons (Fsp3) is 0.0952. The van der Waals surface area contributed by atoms with Gasteiger partial charge in [0, 0.05) is 10.4 Å². The zero-order chi connectivity index (χ0) is 21.1. The molecular weight excluding hydrogens is 422 g/mol. The highest BCUT2D eigenvalue weighted by Gasteiger charge is 2.16. The molecule has 9 heteroatoms. The normalized spacial score (nSPS) is 10.6. The Labute approximate surface area is 180 Å². The number of ether oxygens (including phenoxy) is 1. The van der Waals surface area contributed by atoms with E-state index >= 15 is 0 Å². The molecule has 2 amide bonds. The molecule has 0 aliphatic carbocycles. The highest BCUT2D eigenvalue weighted by atomic mass is 32.1. The van der Waals surface area contributed by atoms with Gasteiger partial charge in [-0.1, -0.05) is 0 Å². The smallest absolute Gasteiger partial charge is 0.291 e. The molecule has 0 fully saturated rings. The summed E-state index contributed by atoms with van der Waals surface area (Å²) in [5.74, 6) is 0.327. The Kier molecular flexibility index (Phi) is 5.64. The van der Waals surface area contributed by atoms with E-state index in [-0.39, 0.29) is 17.6 Å². The Morgan fingerprint density at radius 2 is 1.80 bits per heavy atom. The number of rotatable bonds is 6. The first-order valence-corrected chi connectivity index (χ1v) is 10.5. The van der Waals surface area contributed by atoms with Crippen molar-refractivity contribution in [2.75, 3.05) is 17.7 Å². The Morgan fingerprint density at radius 3 is 2.50 bits per heavy atom. The number of hydrogen-bond acceptors (Lipinski definition) is 7. The standard InChI is InChI=1S/C21H17N3O4S2/c1-12-18(13-5-7-14(27-2)8-6-13)23-21(29-12)24-20(26)16-9-10-17(30-16)22-19(25)15-4-3-11-28-15/h3-11H,1-2H3,(H,22,25)(H,23,24,26). The summed E-state index contributed by atoms with van der Waals surface area (Å²) < 4.78 is 10.2. The molecule has 7 nitrogen and oxygen atoms in total. The Bertz CT molecular complexity index is 1180. The third-order valence-corrected chi connectivity index (χ3v) is 6.08. The molecule has 30 heavy (non-hydrogen) atoms. The van der Waals surface area contributed by atoms with Crippen LogP contribution in [0.1, 0.15) is 25.1 Å². The first-order chi connectivity index (χ1) is 14.5. The van der Waals surface area contributed by atoms with Crippen LogP contribution in [0.15, 0.2) is 59.2 Å². The molecular formula is C21H17N3O4S2. The predicted molar refractivity (Wildman–Crippen MR) is 118 cm³/mol. The summed E-state index contributed by atoms with van der Waals surface area (Å²) in [6.45, 7) is 1.96. The zero-order valence-corrected chi connectivity index (χ0v) is 17.7. The molecule has 2 N–H and O–H groups in total. The van der Waals surface area contributed by atoms with Crippen LogP contribution in [-0.4, -0.2) is 23.9 Å². The number of carbonyl (C=O) groups excluding carboxylic acids is 2. The van der Waals surface area contributed by atoms with E-state index < -0.39 is 0 Å². The molecule has 0 saturated heterocycles. The molecule has 4 rings (SSSR count). The monoisotopic (exact) mass is 439 g/mol. The molecule has 0 atom stereocenters. The molecule has 152 valence electrons. The lowest BCUT2D eigenvalue weighted by molar-refractivity contribution is 0.0995. The lowest BCUT2D eigenvalue weighted by atomic mass is 10.1. The van der Waals surface area contributed by atoms with Gasteiger partial charge in [-0.3, -0.25) is 14.9 Å². The number of methoxy groups -OCH3 is 1. The molecule has 0 unspecified atom stereocenters. The van der Waals surface area contributed by atoms with E-state index in [1.165, 1.54) is 28.9 Å². The van der Waals surface area contributed by atoms with E-state index in [0.717, 1.165) is 21.9 Å². The van der Waals surface area contributed by atoms with E-state index in [0.29, 0.717) is 15.0 Å². The van der Waals surface area contributed by atoms with Gasteiger partial charge in [-0.05, 0) is 55.5 Å². The van der Waals surface area contributed by atoms with Crippen molar-refractivity contribution in [2.45, 2.75) is 6.92 Å². The molecule has 0 saturated carbocycles. The summed E-state index contributed by atoms with van der Waals surface area (Å²) >= 11 is 2.58.